The number of halogens is 1. The molecule has 3 heterocycles. The molecule has 4 aromatic rings. The summed E-state index contributed by atoms with van der Waals surface area (Å²) in [5.41, 5.74) is 13.3. The highest BCUT2D eigenvalue weighted by Crippen LogP contribution is 2.30. The van der Waals surface area contributed by atoms with E-state index in [0.717, 1.165) is 0 Å². The molecule has 0 unspecified atom stereocenters. The molecule has 27 heavy (non-hydrogen) atoms. The van der Waals surface area contributed by atoms with Crippen LogP contribution in [0.25, 0.3) is 16.6 Å². The molecule has 0 bridgehead atoms. The summed E-state index contributed by atoms with van der Waals surface area (Å²) >= 11 is 6.31. The third-order valence-corrected chi connectivity index (χ3v) is 4.09. The molecule has 0 spiro atoms. The van der Waals surface area contributed by atoms with Crippen molar-refractivity contribution in [3.8, 4) is 11.8 Å². The van der Waals surface area contributed by atoms with Crippen LogP contribution in [0.5, 0.6) is 0 Å². The van der Waals surface area contributed by atoms with Crippen molar-refractivity contribution in [2.45, 2.75) is 0 Å². The van der Waals surface area contributed by atoms with E-state index >= 15 is 0 Å². The molecule has 132 valence electrons. The Morgan fingerprint density at radius 3 is 2.78 bits per heavy atom. The van der Waals surface area contributed by atoms with Crippen LogP contribution >= 0.6 is 11.6 Å². The van der Waals surface area contributed by atoms with Gasteiger partial charge in [-0.25, -0.2) is 19.6 Å². The van der Waals surface area contributed by atoms with Crippen molar-refractivity contribution in [1.29, 1.82) is 5.26 Å². The van der Waals surface area contributed by atoms with Gasteiger partial charge in [0, 0.05) is 24.1 Å². The Bertz CT molecular complexity index is 1210. The average molecular weight is 378 g/mol. The lowest BCUT2D eigenvalue weighted by atomic mass is 10.1. The summed E-state index contributed by atoms with van der Waals surface area (Å²) in [6, 6.07) is 8.56. The molecule has 0 radical (unpaired) electrons. The normalized spacial score (nSPS) is 10.7. The van der Waals surface area contributed by atoms with Crippen molar-refractivity contribution in [2.75, 3.05) is 16.8 Å². The van der Waals surface area contributed by atoms with Crippen LogP contribution in [0.15, 0.2) is 43.0 Å². The van der Waals surface area contributed by atoms with E-state index in [0.29, 0.717) is 50.3 Å². The Morgan fingerprint density at radius 2 is 2.00 bits per heavy atom. The van der Waals surface area contributed by atoms with E-state index in [4.69, 9.17) is 23.1 Å². The van der Waals surface area contributed by atoms with Gasteiger partial charge in [0.25, 0.3) is 0 Å². The van der Waals surface area contributed by atoms with Gasteiger partial charge in [-0.1, -0.05) is 11.6 Å². The first-order valence-electron chi connectivity index (χ1n) is 7.73. The van der Waals surface area contributed by atoms with Crippen LogP contribution in [0.1, 0.15) is 5.56 Å². The molecule has 0 aliphatic heterocycles. The maximum Gasteiger partial charge on any atom is 0.142 e. The highest BCUT2D eigenvalue weighted by atomic mass is 35.5. The van der Waals surface area contributed by atoms with Crippen LogP contribution in [0.4, 0.5) is 23.1 Å². The molecule has 0 saturated carbocycles. The fourth-order valence-corrected chi connectivity index (χ4v) is 2.97. The number of hydrogen-bond donors (Lipinski definition) is 3. The molecule has 0 aliphatic rings. The van der Waals surface area contributed by atoms with Gasteiger partial charge in [-0.15, -0.1) is 0 Å². The lowest BCUT2D eigenvalue weighted by Crippen LogP contribution is -2.01. The minimum atomic E-state index is 0.318. The summed E-state index contributed by atoms with van der Waals surface area (Å²) in [5, 5.41) is 18.1. The first-order valence-corrected chi connectivity index (χ1v) is 8.11. The number of fused-ring (bicyclic) bond motifs is 1. The van der Waals surface area contributed by atoms with Crippen LogP contribution < -0.4 is 16.8 Å². The molecule has 9 nitrogen and oxygen atoms in total. The van der Waals surface area contributed by atoms with Crippen molar-refractivity contribution < 1.29 is 0 Å². The van der Waals surface area contributed by atoms with Gasteiger partial charge in [0.05, 0.1) is 21.5 Å². The second-order valence-electron chi connectivity index (χ2n) is 5.63. The molecule has 1 aromatic carbocycles. The maximum absolute atomic E-state index is 9.42. The predicted molar refractivity (Wildman–Crippen MR) is 103 cm³/mol. The summed E-state index contributed by atoms with van der Waals surface area (Å²) < 4.78 is 1.53. The highest BCUT2D eigenvalue weighted by molar-refractivity contribution is 6.33. The molecular formula is C17H12ClN9. The van der Waals surface area contributed by atoms with Crippen LogP contribution in [-0.2, 0) is 0 Å². The van der Waals surface area contributed by atoms with Gasteiger partial charge in [-0.2, -0.15) is 10.4 Å². The maximum atomic E-state index is 9.42. The third-order valence-electron chi connectivity index (χ3n) is 3.80. The van der Waals surface area contributed by atoms with E-state index in [1.54, 1.807) is 36.7 Å². The van der Waals surface area contributed by atoms with E-state index in [9.17, 15) is 5.26 Å². The topological polar surface area (TPSA) is 144 Å². The van der Waals surface area contributed by atoms with Gasteiger partial charge < -0.3 is 16.8 Å². The average Bonchev–Trinajstić information content (AvgIpc) is 3.05. The van der Waals surface area contributed by atoms with Crippen molar-refractivity contribution in [3.63, 3.8) is 0 Å². The van der Waals surface area contributed by atoms with Crippen molar-refractivity contribution in [1.82, 2.24) is 24.7 Å². The Balaban J connectivity index is 1.84. The summed E-state index contributed by atoms with van der Waals surface area (Å²) in [6.07, 6.45) is 4.70. The third kappa shape index (κ3) is 3.05. The molecule has 0 saturated heterocycles. The van der Waals surface area contributed by atoms with E-state index < -0.39 is 0 Å². The van der Waals surface area contributed by atoms with Crippen LogP contribution in [0.3, 0.4) is 0 Å². The highest BCUT2D eigenvalue weighted by Gasteiger charge is 2.15. The van der Waals surface area contributed by atoms with Gasteiger partial charge in [-0.3, -0.25) is 0 Å². The molecule has 0 aliphatic carbocycles. The molecular weight excluding hydrogens is 366 g/mol. The van der Waals surface area contributed by atoms with E-state index in [1.165, 1.54) is 11.0 Å². The quantitative estimate of drug-likeness (QED) is 0.462. The van der Waals surface area contributed by atoms with Gasteiger partial charge in [0.15, 0.2) is 0 Å². The number of nitrogens with one attached hydrogen (secondary N) is 1. The Hall–Kier alpha value is -3.90. The fourth-order valence-electron chi connectivity index (χ4n) is 2.66. The molecule has 0 amide bonds. The first-order chi connectivity index (χ1) is 13.0. The zero-order chi connectivity index (χ0) is 19.0. The zero-order valence-electron chi connectivity index (χ0n) is 13.8. The number of benzene rings is 1. The molecule has 4 rings (SSSR count). The number of nitrogens with zero attached hydrogens (tertiary/aromatic N) is 6. The number of nitriles is 1. The molecule has 0 fully saturated rings. The smallest absolute Gasteiger partial charge is 0.142 e. The van der Waals surface area contributed by atoms with E-state index in [-0.39, 0.29) is 0 Å². The molecule has 0 atom stereocenters. The lowest BCUT2D eigenvalue weighted by molar-refractivity contribution is 0.893. The molecule has 10 heteroatoms. The SMILES string of the molecule is N#Cc1cc(N)cc(Cl)c1-n1cc2c(Nc3cc(N)ncn3)nccc2n1. The summed E-state index contributed by atoms with van der Waals surface area (Å²) in [7, 11) is 0. The minimum absolute atomic E-state index is 0.318. The number of nitrogens with two attached hydrogens (primary N) is 2. The Labute approximate surface area is 158 Å². The van der Waals surface area contributed by atoms with Gasteiger partial charge in [0.1, 0.15) is 35.5 Å². The fraction of sp³-hybridized carbons (Fsp3) is 0. The van der Waals surface area contributed by atoms with Crippen LogP contribution in [0, 0.1) is 11.3 Å². The molecule has 5 N–H and O–H groups in total. The largest absolute Gasteiger partial charge is 0.399 e. The van der Waals surface area contributed by atoms with Crippen LogP contribution in [0.2, 0.25) is 5.02 Å². The monoisotopic (exact) mass is 377 g/mol. The van der Waals surface area contributed by atoms with E-state index in [1.807, 2.05) is 0 Å². The molecule has 3 aromatic heterocycles. The number of hydrogen-bond acceptors (Lipinski definition) is 8. The predicted octanol–water partition coefficient (Wildman–Crippen LogP) is 2.64. The first kappa shape index (κ1) is 16.6. The summed E-state index contributed by atoms with van der Waals surface area (Å²) in [5.74, 6) is 1.36. The van der Waals surface area contributed by atoms with Gasteiger partial charge >= 0.3 is 0 Å². The number of aromatic nitrogens is 5. The second-order valence-corrected chi connectivity index (χ2v) is 6.04. The van der Waals surface area contributed by atoms with Gasteiger partial charge in [0.2, 0.25) is 0 Å². The summed E-state index contributed by atoms with van der Waals surface area (Å²) in [6.45, 7) is 0. The number of anilines is 4. The van der Waals surface area contributed by atoms with Crippen molar-refractivity contribution in [3.05, 3.63) is 53.6 Å². The van der Waals surface area contributed by atoms with Crippen molar-refractivity contribution in [2.24, 2.45) is 0 Å². The number of nitrogen functional groups attached to an aromatic ring is 2. The Morgan fingerprint density at radius 1 is 1.15 bits per heavy atom. The Kier molecular flexibility index (Phi) is 3.95. The van der Waals surface area contributed by atoms with Gasteiger partial charge in [-0.05, 0) is 18.2 Å². The second kappa shape index (κ2) is 6.44. The van der Waals surface area contributed by atoms with Crippen molar-refractivity contribution >= 4 is 45.6 Å². The lowest BCUT2D eigenvalue weighted by Gasteiger charge is -2.07. The van der Waals surface area contributed by atoms with E-state index in [2.05, 4.69) is 31.4 Å². The number of pyridine rings is 1. The summed E-state index contributed by atoms with van der Waals surface area (Å²) in [4.78, 5) is 12.3. The van der Waals surface area contributed by atoms with Crippen LogP contribution in [-0.4, -0.2) is 24.7 Å². The standard InChI is InChI=1S/C17H12ClN9/c18-12-4-10(20)3-9(6-19)16(12)27-7-11-13(26-27)1-2-22-17(11)25-15-5-14(21)23-8-24-15/h1-5,7-8H,20H2,(H3,21,22,23,24,25). The zero-order valence-corrected chi connectivity index (χ0v) is 14.5. The minimum Gasteiger partial charge on any atom is -0.399 e. The number of rotatable bonds is 3.